The molecule has 0 N–H and O–H groups in total. The third-order valence-electron chi connectivity index (χ3n) is 4.72. The largest absolute Gasteiger partial charge is 0.466 e. The summed E-state index contributed by atoms with van der Waals surface area (Å²) in [5, 5.41) is 0. The van der Waals surface area contributed by atoms with Crippen molar-refractivity contribution in [1.82, 2.24) is 4.90 Å². The minimum atomic E-state index is -0.223. The van der Waals surface area contributed by atoms with Crippen molar-refractivity contribution in [2.45, 2.75) is 50.5 Å². The van der Waals surface area contributed by atoms with Gasteiger partial charge in [0.1, 0.15) is 0 Å². The summed E-state index contributed by atoms with van der Waals surface area (Å²) in [7, 11) is 4.05. The molecule has 1 aliphatic rings. The Bertz CT molecular complexity index is 527. The van der Waals surface area contributed by atoms with E-state index in [1.165, 1.54) is 5.56 Å². The SMILES string of the molecule is CN(C)CCCOC(=O)CC1(c2ccccc2)CCOC(C)(C)C1. The molecule has 0 aromatic heterocycles. The summed E-state index contributed by atoms with van der Waals surface area (Å²) in [6.07, 6.45) is 2.97. The van der Waals surface area contributed by atoms with Crippen LogP contribution in [0.1, 0.15) is 45.1 Å². The maximum absolute atomic E-state index is 12.5. The molecule has 0 amide bonds. The lowest BCUT2D eigenvalue weighted by molar-refractivity contribution is -0.148. The number of benzene rings is 1. The summed E-state index contributed by atoms with van der Waals surface area (Å²) >= 11 is 0. The average molecular weight is 333 g/mol. The summed E-state index contributed by atoms with van der Waals surface area (Å²) in [4.78, 5) is 14.6. The van der Waals surface area contributed by atoms with E-state index in [1.54, 1.807) is 0 Å². The van der Waals surface area contributed by atoms with E-state index in [4.69, 9.17) is 9.47 Å². The highest BCUT2D eigenvalue weighted by atomic mass is 16.5. The molecular formula is C20H31NO3. The molecular weight excluding hydrogens is 302 g/mol. The third kappa shape index (κ3) is 5.32. The number of carbonyl (C=O) groups is 1. The van der Waals surface area contributed by atoms with Crippen LogP contribution >= 0.6 is 0 Å². The Labute approximate surface area is 146 Å². The lowest BCUT2D eigenvalue weighted by atomic mass is 9.67. The van der Waals surface area contributed by atoms with E-state index in [0.29, 0.717) is 19.6 Å². The maximum Gasteiger partial charge on any atom is 0.306 e. The molecule has 1 aliphatic heterocycles. The van der Waals surface area contributed by atoms with Crippen molar-refractivity contribution < 1.29 is 14.3 Å². The maximum atomic E-state index is 12.5. The number of carbonyl (C=O) groups excluding carboxylic acids is 1. The van der Waals surface area contributed by atoms with Crippen molar-refractivity contribution in [3.63, 3.8) is 0 Å². The molecule has 4 heteroatoms. The van der Waals surface area contributed by atoms with E-state index in [1.807, 2.05) is 32.3 Å². The van der Waals surface area contributed by atoms with Crippen LogP contribution in [0.3, 0.4) is 0 Å². The second kappa shape index (κ2) is 8.13. The zero-order chi connectivity index (χ0) is 17.6. The van der Waals surface area contributed by atoms with Gasteiger partial charge < -0.3 is 14.4 Å². The van der Waals surface area contributed by atoms with Crippen LogP contribution in [-0.2, 0) is 19.7 Å². The topological polar surface area (TPSA) is 38.8 Å². The molecule has 1 saturated heterocycles. The summed E-state index contributed by atoms with van der Waals surface area (Å²) in [5.41, 5.74) is 0.799. The highest BCUT2D eigenvalue weighted by Crippen LogP contribution is 2.44. The highest BCUT2D eigenvalue weighted by Gasteiger charge is 2.43. The quantitative estimate of drug-likeness (QED) is 0.566. The predicted molar refractivity (Wildman–Crippen MR) is 96.1 cm³/mol. The Balaban J connectivity index is 2.06. The van der Waals surface area contributed by atoms with Gasteiger partial charge >= 0.3 is 5.97 Å². The van der Waals surface area contributed by atoms with Gasteiger partial charge in [0.2, 0.25) is 0 Å². The second-order valence-electron chi connectivity index (χ2n) is 7.74. The van der Waals surface area contributed by atoms with Crippen molar-refractivity contribution in [3.05, 3.63) is 35.9 Å². The Hall–Kier alpha value is -1.39. The normalized spacial score (nSPS) is 23.2. The molecule has 134 valence electrons. The number of rotatable bonds is 7. The standard InChI is InChI=1S/C20H31NO3/c1-19(2)16-20(11-14-24-19,17-9-6-5-7-10-17)15-18(22)23-13-8-12-21(3)4/h5-7,9-10H,8,11-16H2,1-4H3. The van der Waals surface area contributed by atoms with Crippen LogP contribution in [0.25, 0.3) is 0 Å². The Morgan fingerprint density at radius 2 is 1.96 bits per heavy atom. The first kappa shape index (κ1) is 18.9. The van der Waals surface area contributed by atoms with Gasteiger partial charge in [-0.1, -0.05) is 30.3 Å². The Morgan fingerprint density at radius 3 is 2.58 bits per heavy atom. The van der Waals surface area contributed by atoms with E-state index in [2.05, 4.69) is 30.9 Å². The summed E-state index contributed by atoms with van der Waals surface area (Å²) in [6.45, 7) is 6.30. The summed E-state index contributed by atoms with van der Waals surface area (Å²) in [6, 6.07) is 10.4. The Kier molecular flexibility index (Phi) is 6.41. The summed E-state index contributed by atoms with van der Waals surface area (Å²) < 4.78 is 11.4. The molecule has 1 aromatic carbocycles. The van der Waals surface area contributed by atoms with Gasteiger partial charge in [0.25, 0.3) is 0 Å². The van der Waals surface area contributed by atoms with Crippen LogP contribution < -0.4 is 0 Å². The minimum absolute atomic E-state index is 0.102. The smallest absolute Gasteiger partial charge is 0.306 e. The molecule has 24 heavy (non-hydrogen) atoms. The van der Waals surface area contributed by atoms with Gasteiger partial charge in [0, 0.05) is 18.6 Å². The van der Waals surface area contributed by atoms with Gasteiger partial charge in [0.05, 0.1) is 18.6 Å². The first-order chi connectivity index (χ1) is 11.3. The van der Waals surface area contributed by atoms with Crippen LogP contribution in [0.2, 0.25) is 0 Å². The fourth-order valence-electron chi connectivity index (χ4n) is 3.66. The number of hydrogen-bond donors (Lipinski definition) is 0. The molecule has 4 nitrogen and oxygen atoms in total. The van der Waals surface area contributed by atoms with Crippen molar-refractivity contribution in [2.24, 2.45) is 0 Å². The number of hydrogen-bond acceptors (Lipinski definition) is 4. The lowest BCUT2D eigenvalue weighted by Gasteiger charge is -2.45. The zero-order valence-electron chi connectivity index (χ0n) is 15.5. The number of ether oxygens (including phenoxy) is 2. The van der Waals surface area contributed by atoms with E-state index < -0.39 is 0 Å². The van der Waals surface area contributed by atoms with Crippen LogP contribution in [-0.4, -0.2) is 50.3 Å². The fourth-order valence-corrected chi connectivity index (χ4v) is 3.66. The fraction of sp³-hybridized carbons (Fsp3) is 0.650. The number of nitrogens with zero attached hydrogens (tertiary/aromatic N) is 1. The molecule has 0 bridgehead atoms. The first-order valence-electron chi connectivity index (χ1n) is 8.83. The first-order valence-corrected chi connectivity index (χ1v) is 8.83. The molecule has 1 atom stereocenters. The van der Waals surface area contributed by atoms with Crippen LogP contribution in [0.15, 0.2) is 30.3 Å². The third-order valence-corrected chi connectivity index (χ3v) is 4.72. The van der Waals surface area contributed by atoms with Crippen molar-refractivity contribution in [3.8, 4) is 0 Å². The molecule has 1 fully saturated rings. The minimum Gasteiger partial charge on any atom is -0.466 e. The van der Waals surface area contributed by atoms with Gasteiger partial charge in [-0.3, -0.25) is 4.79 Å². The molecule has 0 aliphatic carbocycles. The second-order valence-corrected chi connectivity index (χ2v) is 7.74. The van der Waals surface area contributed by atoms with Gasteiger partial charge in [0.15, 0.2) is 0 Å². The average Bonchev–Trinajstić information content (AvgIpc) is 2.51. The van der Waals surface area contributed by atoms with Gasteiger partial charge in [-0.2, -0.15) is 0 Å². The van der Waals surface area contributed by atoms with E-state index >= 15 is 0 Å². The molecule has 0 spiro atoms. The lowest BCUT2D eigenvalue weighted by Crippen LogP contribution is -2.45. The Morgan fingerprint density at radius 1 is 1.25 bits per heavy atom. The van der Waals surface area contributed by atoms with E-state index in [0.717, 1.165) is 25.8 Å². The predicted octanol–water partition coefficient (Wildman–Crippen LogP) is 3.40. The van der Waals surface area contributed by atoms with Crippen molar-refractivity contribution in [1.29, 1.82) is 0 Å². The van der Waals surface area contributed by atoms with Crippen LogP contribution in [0.4, 0.5) is 0 Å². The molecule has 1 heterocycles. The van der Waals surface area contributed by atoms with Crippen LogP contribution in [0.5, 0.6) is 0 Å². The summed E-state index contributed by atoms with van der Waals surface area (Å²) in [5.74, 6) is -0.102. The molecule has 2 rings (SSSR count). The van der Waals surface area contributed by atoms with E-state index in [-0.39, 0.29) is 17.0 Å². The highest BCUT2D eigenvalue weighted by molar-refractivity contribution is 5.71. The monoisotopic (exact) mass is 333 g/mol. The van der Waals surface area contributed by atoms with Gasteiger partial charge in [-0.25, -0.2) is 0 Å². The van der Waals surface area contributed by atoms with Crippen molar-refractivity contribution in [2.75, 3.05) is 33.9 Å². The zero-order valence-corrected chi connectivity index (χ0v) is 15.5. The molecule has 1 unspecified atom stereocenters. The molecule has 0 saturated carbocycles. The van der Waals surface area contributed by atoms with Gasteiger partial charge in [-0.05, 0) is 52.8 Å². The van der Waals surface area contributed by atoms with Crippen LogP contribution in [0, 0.1) is 0 Å². The molecule has 0 radical (unpaired) electrons. The molecule has 1 aromatic rings. The van der Waals surface area contributed by atoms with E-state index in [9.17, 15) is 4.79 Å². The van der Waals surface area contributed by atoms with Gasteiger partial charge in [-0.15, -0.1) is 0 Å². The van der Waals surface area contributed by atoms with Crippen molar-refractivity contribution >= 4 is 5.97 Å². The number of esters is 1.